The average molecular weight is 116 g/mol. The van der Waals surface area contributed by atoms with Crippen LogP contribution in [0.25, 0.3) is 0 Å². The Kier molecular flexibility index (Phi) is 5.15. The highest BCUT2D eigenvalue weighted by atomic mass is 16.6. The molecular formula is C4H8N2O2. The Morgan fingerprint density at radius 3 is 2.88 bits per heavy atom. The third-order valence-corrected chi connectivity index (χ3v) is 0.472. The van der Waals surface area contributed by atoms with Gasteiger partial charge in [-0.2, -0.15) is 0 Å². The minimum Gasteiger partial charge on any atom is -0.411 e. The lowest BCUT2D eigenvalue weighted by atomic mass is 10.5. The summed E-state index contributed by atoms with van der Waals surface area (Å²) in [5.41, 5.74) is 0. The quantitative estimate of drug-likeness (QED) is 0.331. The van der Waals surface area contributed by atoms with Gasteiger partial charge in [0.25, 0.3) is 0 Å². The van der Waals surface area contributed by atoms with E-state index in [0.29, 0.717) is 6.42 Å². The van der Waals surface area contributed by atoms with Crippen LogP contribution in [0.3, 0.4) is 0 Å². The molecule has 8 heavy (non-hydrogen) atoms. The molecule has 0 saturated heterocycles. The Hall–Kier alpha value is -1.06. The van der Waals surface area contributed by atoms with Crippen molar-refractivity contribution in [1.82, 2.24) is 0 Å². The zero-order valence-corrected chi connectivity index (χ0v) is 4.61. The van der Waals surface area contributed by atoms with Crippen LogP contribution in [0.4, 0.5) is 0 Å². The summed E-state index contributed by atoms with van der Waals surface area (Å²) in [6, 6.07) is 0. The van der Waals surface area contributed by atoms with E-state index >= 15 is 0 Å². The lowest BCUT2D eigenvalue weighted by molar-refractivity contribution is 0.215. The summed E-state index contributed by atoms with van der Waals surface area (Å²) < 4.78 is 0. The smallest absolute Gasteiger partial charge is 0.106 e. The molecule has 46 valence electrons. The summed E-state index contributed by atoms with van der Waals surface area (Å²) in [4.78, 5) is 4.31. The monoisotopic (exact) mass is 116 g/mol. The molecule has 0 heterocycles. The van der Waals surface area contributed by atoms with E-state index in [-0.39, 0.29) is 0 Å². The summed E-state index contributed by atoms with van der Waals surface area (Å²) in [6.45, 7) is 0. The van der Waals surface area contributed by atoms with E-state index < -0.39 is 0 Å². The molecule has 0 atom stereocenters. The van der Waals surface area contributed by atoms with Crippen molar-refractivity contribution >= 4 is 12.4 Å². The van der Waals surface area contributed by atoms with E-state index in [9.17, 15) is 0 Å². The molecule has 4 nitrogen and oxygen atoms in total. The van der Waals surface area contributed by atoms with E-state index in [0.717, 1.165) is 0 Å². The van der Waals surface area contributed by atoms with Crippen LogP contribution in [-0.4, -0.2) is 24.7 Å². The zero-order valence-electron chi connectivity index (χ0n) is 4.61. The number of hydrogen-bond donors (Lipinski definition) is 1. The van der Waals surface area contributed by atoms with E-state index in [2.05, 4.69) is 15.1 Å². The lowest BCUT2D eigenvalue weighted by Crippen LogP contribution is -1.77. The zero-order chi connectivity index (χ0) is 6.24. The predicted molar refractivity (Wildman–Crippen MR) is 30.4 cm³/mol. The molecule has 0 saturated carbocycles. The molecule has 0 bridgehead atoms. The van der Waals surface area contributed by atoms with Crippen LogP contribution in [0.5, 0.6) is 0 Å². The normalized spacial score (nSPS) is 11.1. The van der Waals surface area contributed by atoms with Gasteiger partial charge in [0.05, 0.1) is 0 Å². The Bertz CT molecular complexity index is 90.0. The summed E-state index contributed by atoms with van der Waals surface area (Å²) in [7, 11) is 1.45. The molecule has 4 heteroatoms. The van der Waals surface area contributed by atoms with Crippen LogP contribution < -0.4 is 0 Å². The molecule has 0 aromatic carbocycles. The van der Waals surface area contributed by atoms with Gasteiger partial charge in [0, 0.05) is 18.9 Å². The first-order valence-corrected chi connectivity index (χ1v) is 2.12. The predicted octanol–water partition coefficient (Wildman–Crippen LogP) is 0.469. The largest absolute Gasteiger partial charge is 0.411 e. The summed E-state index contributed by atoms with van der Waals surface area (Å²) in [6.07, 6.45) is 3.28. The molecule has 0 aliphatic rings. The molecule has 0 aliphatic heterocycles. The average Bonchev–Trinajstić information content (AvgIpc) is 1.81. The third-order valence-electron chi connectivity index (χ3n) is 0.472. The van der Waals surface area contributed by atoms with Gasteiger partial charge in [-0.3, -0.25) is 0 Å². The highest BCUT2D eigenvalue weighted by Gasteiger charge is 1.68. The van der Waals surface area contributed by atoms with Gasteiger partial charge in [-0.05, 0) is 0 Å². The van der Waals surface area contributed by atoms with Crippen molar-refractivity contribution in [3.8, 4) is 0 Å². The van der Waals surface area contributed by atoms with Crippen molar-refractivity contribution in [2.45, 2.75) is 6.42 Å². The van der Waals surface area contributed by atoms with Gasteiger partial charge in [0.1, 0.15) is 7.11 Å². The van der Waals surface area contributed by atoms with Crippen molar-refractivity contribution in [3.05, 3.63) is 0 Å². The fraction of sp³-hybridized carbons (Fsp3) is 0.500. The molecule has 0 aliphatic carbocycles. The Morgan fingerprint density at radius 1 is 1.62 bits per heavy atom. The van der Waals surface area contributed by atoms with Crippen LogP contribution >= 0.6 is 0 Å². The number of oxime groups is 2. The molecule has 0 aromatic rings. The van der Waals surface area contributed by atoms with Crippen LogP contribution in [0.2, 0.25) is 0 Å². The Labute approximate surface area is 47.4 Å². The molecule has 0 aromatic heterocycles. The maximum atomic E-state index is 7.83. The summed E-state index contributed by atoms with van der Waals surface area (Å²) in [5, 5.41) is 14.0. The highest BCUT2D eigenvalue weighted by Crippen LogP contribution is 1.68. The molecule has 1 N–H and O–H groups in total. The first kappa shape index (κ1) is 6.94. The number of rotatable bonds is 3. The maximum Gasteiger partial charge on any atom is 0.106 e. The molecular weight excluding hydrogens is 108 g/mol. The molecule has 0 fully saturated rings. The second-order valence-electron chi connectivity index (χ2n) is 1.00. The molecule has 0 amide bonds. The standard InChI is InChI=1S/C4H8N2O2/c1-8-6-4-2-3-5-7/h3-4,7H,2H2,1H3. The van der Waals surface area contributed by atoms with Gasteiger partial charge in [0.15, 0.2) is 0 Å². The second-order valence-corrected chi connectivity index (χ2v) is 1.00. The number of hydrogen-bond acceptors (Lipinski definition) is 4. The van der Waals surface area contributed by atoms with Gasteiger partial charge in [-0.1, -0.05) is 5.16 Å². The molecule has 0 rings (SSSR count). The van der Waals surface area contributed by atoms with E-state index in [1.54, 1.807) is 0 Å². The minimum absolute atomic E-state index is 0.490. The van der Waals surface area contributed by atoms with Crippen molar-refractivity contribution in [2.24, 2.45) is 10.3 Å². The van der Waals surface area contributed by atoms with E-state index in [4.69, 9.17) is 5.21 Å². The summed E-state index contributed by atoms with van der Waals surface area (Å²) >= 11 is 0. The van der Waals surface area contributed by atoms with Gasteiger partial charge in [-0.25, -0.2) is 0 Å². The van der Waals surface area contributed by atoms with Crippen LogP contribution in [0, 0.1) is 0 Å². The fourth-order valence-corrected chi connectivity index (χ4v) is 0.212. The highest BCUT2D eigenvalue weighted by molar-refractivity contribution is 5.78. The maximum absolute atomic E-state index is 7.83. The van der Waals surface area contributed by atoms with Crippen molar-refractivity contribution in [2.75, 3.05) is 7.11 Å². The van der Waals surface area contributed by atoms with Crippen molar-refractivity contribution in [1.29, 1.82) is 0 Å². The minimum atomic E-state index is 0.490. The second kappa shape index (κ2) is 5.94. The molecule has 0 unspecified atom stereocenters. The Balaban J connectivity index is 3.03. The Morgan fingerprint density at radius 2 is 2.38 bits per heavy atom. The van der Waals surface area contributed by atoms with Gasteiger partial charge in [-0.15, -0.1) is 5.16 Å². The van der Waals surface area contributed by atoms with Gasteiger partial charge >= 0.3 is 0 Å². The SMILES string of the molecule is CON=CCC=NO. The first-order valence-electron chi connectivity index (χ1n) is 2.12. The topological polar surface area (TPSA) is 54.2 Å². The summed E-state index contributed by atoms with van der Waals surface area (Å²) in [5.74, 6) is 0. The van der Waals surface area contributed by atoms with Crippen LogP contribution in [0.15, 0.2) is 10.3 Å². The van der Waals surface area contributed by atoms with Gasteiger partial charge in [0.2, 0.25) is 0 Å². The van der Waals surface area contributed by atoms with Crippen LogP contribution in [-0.2, 0) is 4.84 Å². The molecule has 0 radical (unpaired) electrons. The van der Waals surface area contributed by atoms with E-state index in [1.165, 1.54) is 19.5 Å². The molecule has 0 spiro atoms. The number of nitrogens with zero attached hydrogens (tertiary/aromatic N) is 2. The van der Waals surface area contributed by atoms with Crippen LogP contribution in [0.1, 0.15) is 6.42 Å². The van der Waals surface area contributed by atoms with Crippen molar-refractivity contribution < 1.29 is 10.0 Å². The van der Waals surface area contributed by atoms with E-state index in [1.807, 2.05) is 0 Å². The van der Waals surface area contributed by atoms with Gasteiger partial charge < -0.3 is 10.0 Å². The van der Waals surface area contributed by atoms with Crippen molar-refractivity contribution in [3.63, 3.8) is 0 Å². The lowest BCUT2D eigenvalue weighted by Gasteiger charge is -1.80. The fourth-order valence-electron chi connectivity index (χ4n) is 0.212. The third kappa shape index (κ3) is 4.94. The first-order chi connectivity index (χ1) is 3.91.